The molecule has 6 heteroatoms. The third-order valence-electron chi connectivity index (χ3n) is 3.32. The number of nitrogens with one attached hydrogen (secondary N) is 2. The molecule has 2 N–H and O–H groups in total. The molecule has 1 aliphatic rings. The maximum absolute atomic E-state index is 12.1. The van der Waals surface area contributed by atoms with Crippen LogP contribution >= 0.6 is 0 Å². The number of hydrogen-bond acceptors (Lipinski definition) is 4. The fourth-order valence-electron chi connectivity index (χ4n) is 1.94. The molecule has 100 valence electrons. The molecular formula is C12H19N3O2S. The number of sulfonamides is 1. The average molecular weight is 269 g/mol. The lowest BCUT2D eigenvalue weighted by Gasteiger charge is -2.13. The van der Waals surface area contributed by atoms with E-state index in [0.717, 1.165) is 0 Å². The zero-order chi connectivity index (χ0) is 13.2. The van der Waals surface area contributed by atoms with Gasteiger partial charge in [-0.2, -0.15) is 0 Å². The Labute approximate surface area is 108 Å². The van der Waals surface area contributed by atoms with Gasteiger partial charge in [-0.15, -0.1) is 0 Å². The highest BCUT2D eigenvalue weighted by Gasteiger charge is 2.29. The Morgan fingerprint density at radius 2 is 2.22 bits per heavy atom. The molecule has 0 spiro atoms. The zero-order valence-electron chi connectivity index (χ0n) is 10.7. The van der Waals surface area contributed by atoms with Gasteiger partial charge in [0.2, 0.25) is 0 Å². The van der Waals surface area contributed by atoms with E-state index in [4.69, 9.17) is 0 Å². The summed E-state index contributed by atoms with van der Waals surface area (Å²) in [7, 11) is -1.84. The summed E-state index contributed by atoms with van der Waals surface area (Å²) in [4.78, 5) is 3.95. The molecule has 1 aromatic rings. The van der Waals surface area contributed by atoms with Gasteiger partial charge in [-0.1, -0.05) is 6.92 Å². The van der Waals surface area contributed by atoms with Gasteiger partial charge in [0, 0.05) is 19.8 Å². The number of anilines is 1. The van der Waals surface area contributed by atoms with E-state index in [9.17, 15) is 8.42 Å². The third kappa shape index (κ3) is 3.00. The molecule has 0 aromatic carbocycles. The minimum absolute atomic E-state index is 0.0653. The predicted molar refractivity (Wildman–Crippen MR) is 70.9 cm³/mol. The number of nitrogens with zero attached hydrogens (tertiary/aromatic N) is 1. The quantitative estimate of drug-likeness (QED) is 0.820. The lowest BCUT2D eigenvalue weighted by Crippen LogP contribution is -2.30. The van der Waals surface area contributed by atoms with Crippen LogP contribution in [0, 0.1) is 11.8 Å². The molecule has 0 amide bonds. The number of aromatic nitrogens is 1. The Morgan fingerprint density at radius 1 is 1.50 bits per heavy atom. The van der Waals surface area contributed by atoms with Gasteiger partial charge in [0.25, 0.3) is 10.0 Å². The molecule has 1 aromatic heterocycles. The summed E-state index contributed by atoms with van der Waals surface area (Å²) >= 11 is 0. The molecule has 0 saturated heterocycles. The van der Waals surface area contributed by atoms with Crippen molar-refractivity contribution in [2.75, 3.05) is 18.9 Å². The van der Waals surface area contributed by atoms with E-state index < -0.39 is 10.0 Å². The van der Waals surface area contributed by atoms with E-state index in [1.54, 1.807) is 19.2 Å². The predicted octanol–water partition coefficient (Wildman–Crippen LogP) is 1.45. The van der Waals surface area contributed by atoms with Gasteiger partial charge in [0.15, 0.2) is 5.03 Å². The third-order valence-corrected chi connectivity index (χ3v) is 4.70. The van der Waals surface area contributed by atoms with Gasteiger partial charge in [-0.05, 0) is 36.8 Å². The van der Waals surface area contributed by atoms with E-state index in [1.165, 1.54) is 19.0 Å². The largest absolute Gasteiger partial charge is 0.386 e. The van der Waals surface area contributed by atoms with E-state index in [-0.39, 0.29) is 5.03 Å². The maximum Gasteiger partial charge on any atom is 0.260 e. The van der Waals surface area contributed by atoms with Crippen molar-refractivity contribution in [1.29, 1.82) is 0 Å². The number of rotatable bonds is 6. The summed E-state index contributed by atoms with van der Waals surface area (Å²) in [5.74, 6) is 1.07. The minimum Gasteiger partial charge on any atom is -0.386 e. The molecular weight excluding hydrogens is 250 g/mol. The minimum atomic E-state index is -3.53. The fraction of sp³-hybridized carbons (Fsp3) is 0.583. The second-order valence-electron chi connectivity index (χ2n) is 4.77. The lowest BCUT2D eigenvalue weighted by molar-refractivity contribution is 0.491. The van der Waals surface area contributed by atoms with Crippen molar-refractivity contribution < 1.29 is 8.42 Å². The number of hydrogen-bond donors (Lipinski definition) is 2. The van der Waals surface area contributed by atoms with Gasteiger partial charge >= 0.3 is 0 Å². The first-order chi connectivity index (χ1) is 8.54. The van der Waals surface area contributed by atoms with Gasteiger partial charge in [0.1, 0.15) is 0 Å². The van der Waals surface area contributed by atoms with Crippen molar-refractivity contribution >= 4 is 15.7 Å². The highest BCUT2D eigenvalue weighted by molar-refractivity contribution is 7.89. The molecule has 0 aliphatic heterocycles. The Morgan fingerprint density at radius 3 is 2.83 bits per heavy atom. The van der Waals surface area contributed by atoms with Crippen molar-refractivity contribution in [3.8, 4) is 0 Å². The second-order valence-corrected chi connectivity index (χ2v) is 6.45. The Bertz CT molecular complexity index is 512. The summed E-state index contributed by atoms with van der Waals surface area (Å²) in [5.41, 5.74) is 0.518. The van der Waals surface area contributed by atoms with E-state index in [1.807, 2.05) is 0 Å². The van der Waals surface area contributed by atoms with Gasteiger partial charge < -0.3 is 5.32 Å². The molecule has 0 bridgehead atoms. The van der Waals surface area contributed by atoms with Crippen molar-refractivity contribution in [2.45, 2.75) is 24.8 Å². The molecule has 2 rings (SSSR count). The molecule has 1 saturated carbocycles. The van der Waals surface area contributed by atoms with Crippen LogP contribution in [0.1, 0.15) is 19.8 Å². The molecule has 1 fully saturated rings. The second kappa shape index (κ2) is 5.24. The van der Waals surface area contributed by atoms with Crippen LogP contribution in [0.2, 0.25) is 0 Å². The summed E-state index contributed by atoms with van der Waals surface area (Å²) < 4.78 is 26.9. The van der Waals surface area contributed by atoms with Crippen LogP contribution in [-0.4, -0.2) is 27.0 Å². The van der Waals surface area contributed by atoms with E-state index >= 15 is 0 Å². The Balaban J connectivity index is 2.09. The first kappa shape index (κ1) is 13.3. The van der Waals surface area contributed by atoms with Crippen molar-refractivity contribution in [3.05, 3.63) is 18.3 Å². The van der Waals surface area contributed by atoms with Crippen LogP contribution in [0.4, 0.5) is 5.69 Å². The maximum atomic E-state index is 12.1. The highest BCUT2D eigenvalue weighted by Crippen LogP contribution is 2.36. The van der Waals surface area contributed by atoms with Crippen molar-refractivity contribution in [3.63, 3.8) is 0 Å². The number of pyridine rings is 1. The van der Waals surface area contributed by atoms with Crippen molar-refractivity contribution in [1.82, 2.24) is 9.71 Å². The summed E-state index contributed by atoms with van der Waals surface area (Å²) in [6.45, 7) is 2.56. The van der Waals surface area contributed by atoms with E-state index in [2.05, 4.69) is 21.9 Å². The molecule has 1 atom stereocenters. The van der Waals surface area contributed by atoms with Crippen LogP contribution in [0.5, 0.6) is 0 Å². The topological polar surface area (TPSA) is 71.1 Å². The van der Waals surface area contributed by atoms with Crippen LogP contribution in [0.3, 0.4) is 0 Å². The van der Waals surface area contributed by atoms with E-state index in [0.29, 0.717) is 24.1 Å². The molecule has 5 nitrogen and oxygen atoms in total. The monoisotopic (exact) mass is 269 g/mol. The van der Waals surface area contributed by atoms with Crippen LogP contribution in [-0.2, 0) is 10.0 Å². The standard InChI is InChI=1S/C12H19N3O2S/c1-9(10-5-6-10)8-15-18(16,17)12-11(13-2)4-3-7-14-12/h3-4,7,9-10,13,15H,5-6,8H2,1-2H3. The normalized spacial score (nSPS) is 17.4. The zero-order valence-corrected chi connectivity index (χ0v) is 11.5. The lowest BCUT2D eigenvalue weighted by atomic mass is 10.1. The molecule has 18 heavy (non-hydrogen) atoms. The van der Waals surface area contributed by atoms with Crippen LogP contribution in [0.15, 0.2) is 23.4 Å². The molecule has 1 unspecified atom stereocenters. The molecule has 1 heterocycles. The summed E-state index contributed by atoms with van der Waals surface area (Å²) in [5, 5.41) is 2.91. The highest BCUT2D eigenvalue weighted by atomic mass is 32.2. The molecule has 1 aliphatic carbocycles. The summed E-state index contributed by atoms with van der Waals surface area (Å²) in [6.07, 6.45) is 3.92. The first-order valence-electron chi connectivity index (χ1n) is 6.17. The first-order valence-corrected chi connectivity index (χ1v) is 7.65. The molecule has 0 radical (unpaired) electrons. The van der Waals surface area contributed by atoms with Gasteiger partial charge in [-0.3, -0.25) is 0 Å². The van der Waals surface area contributed by atoms with Gasteiger partial charge in [0.05, 0.1) is 5.69 Å². The average Bonchev–Trinajstić information content (AvgIpc) is 3.20. The smallest absolute Gasteiger partial charge is 0.260 e. The summed E-state index contributed by atoms with van der Waals surface area (Å²) in [6, 6.07) is 3.41. The van der Waals surface area contributed by atoms with Crippen molar-refractivity contribution in [2.24, 2.45) is 11.8 Å². The SMILES string of the molecule is CNc1cccnc1S(=O)(=O)NCC(C)C1CC1. The Kier molecular flexibility index (Phi) is 3.87. The van der Waals surface area contributed by atoms with Crippen LogP contribution < -0.4 is 10.0 Å². The van der Waals surface area contributed by atoms with Gasteiger partial charge in [-0.25, -0.2) is 18.1 Å². The van der Waals surface area contributed by atoms with Crippen LogP contribution in [0.25, 0.3) is 0 Å². The fourth-order valence-corrected chi connectivity index (χ4v) is 3.21. The Hall–Kier alpha value is -1.14.